The van der Waals surface area contributed by atoms with Gasteiger partial charge in [-0.3, -0.25) is 0 Å². The smallest absolute Gasteiger partial charge is 0.434 e. The van der Waals surface area contributed by atoms with Crippen molar-refractivity contribution in [1.29, 1.82) is 5.26 Å². The number of ether oxygens (including phenoxy) is 2. The van der Waals surface area contributed by atoms with Crippen molar-refractivity contribution in [2.24, 2.45) is 0 Å². The van der Waals surface area contributed by atoms with Crippen LogP contribution in [0.25, 0.3) is 0 Å². The maximum absolute atomic E-state index is 10.4. The standard InChI is InChI=1S/C6H9NO3/c1-2-4-9-6(8)10-5-3-7/h2,4-5H2,1H3. The van der Waals surface area contributed by atoms with Gasteiger partial charge in [0.2, 0.25) is 0 Å². The van der Waals surface area contributed by atoms with Crippen LogP contribution in [0.3, 0.4) is 0 Å². The minimum atomic E-state index is -0.775. The highest BCUT2D eigenvalue weighted by Crippen LogP contribution is 1.85. The Morgan fingerprint density at radius 2 is 2.30 bits per heavy atom. The third kappa shape index (κ3) is 4.91. The molecule has 10 heavy (non-hydrogen) atoms. The summed E-state index contributed by atoms with van der Waals surface area (Å²) in [5.74, 6) is 0. The molecule has 0 fully saturated rings. The molecule has 0 radical (unpaired) electrons. The van der Waals surface area contributed by atoms with Crippen molar-refractivity contribution in [3.8, 4) is 6.07 Å². The van der Waals surface area contributed by atoms with Gasteiger partial charge in [0, 0.05) is 0 Å². The van der Waals surface area contributed by atoms with Crippen molar-refractivity contribution >= 4 is 6.16 Å². The Labute approximate surface area is 59.3 Å². The van der Waals surface area contributed by atoms with Gasteiger partial charge in [-0.05, 0) is 6.42 Å². The molecule has 0 unspecified atom stereocenters. The molecule has 0 heterocycles. The van der Waals surface area contributed by atoms with Crippen LogP contribution in [0.5, 0.6) is 0 Å². The van der Waals surface area contributed by atoms with Gasteiger partial charge in [0.25, 0.3) is 0 Å². The summed E-state index contributed by atoms with van der Waals surface area (Å²) in [4.78, 5) is 10.4. The first-order valence-corrected chi connectivity index (χ1v) is 2.97. The Kier molecular flexibility index (Phi) is 5.16. The van der Waals surface area contributed by atoms with Crippen LogP contribution in [0.2, 0.25) is 0 Å². The molecule has 0 aromatic rings. The first kappa shape index (κ1) is 8.76. The summed E-state index contributed by atoms with van der Waals surface area (Å²) < 4.78 is 8.75. The van der Waals surface area contributed by atoms with Gasteiger partial charge in [-0.15, -0.1) is 0 Å². The van der Waals surface area contributed by atoms with Gasteiger partial charge in [-0.2, -0.15) is 5.26 Å². The van der Waals surface area contributed by atoms with Crippen LogP contribution in [0.4, 0.5) is 4.79 Å². The number of carbonyl (C=O) groups excluding carboxylic acids is 1. The van der Waals surface area contributed by atoms with Crippen LogP contribution in [0.1, 0.15) is 13.3 Å². The van der Waals surface area contributed by atoms with E-state index >= 15 is 0 Å². The molecule has 0 bridgehead atoms. The summed E-state index contributed by atoms with van der Waals surface area (Å²) >= 11 is 0. The van der Waals surface area contributed by atoms with Crippen molar-refractivity contribution in [3.63, 3.8) is 0 Å². The predicted molar refractivity (Wildman–Crippen MR) is 33.2 cm³/mol. The van der Waals surface area contributed by atoms with Gasteiger partial charge >= 0.3 is 6.16 Å². The fourth-order valence-electron chi connectivity index (χ4n) is 0.318. The second-order valence-electron chi connectivity index (χ2n) is 1.55. The quantitative estimate of drug-likeness (QED) is 0.554. The van der Waals surface area contributed by atoms with Crippen molar-refractivity contribution in [3.05, 3.63) is 0 Å². The summed E-state index contributed by atoms with van der Waals surface area (Å²) in [7, 11) is 0. The van der Waals surface area contributed by atoms with Crippen LogP contribution in [0.15, 0.2) is 0 Å². The lowest BCUT2D eigenvalue weighted by Gasteiger charge is -1.99. The molecule has 56 valence electrons. The van der Waals surface area contributed by atoms with Crippen molar-refractivity contribution < 1.29 is 14.3 Å². The van der Waals surface area contributed by atoms with Crippen LogP contribution in [0, 0.1) is 11.3 Å². The minimum absolute atomic E-state index is 0.247. The van der Waals surface area contributed by atoms with Crippen molar-refractivity contribution in [2.75, 3.05) is 13.2 Å². The average Bonchev–Trinajstić information content (AvgIpc) is 1.97. The Balaban J connectivity index is 3.19. The van der Waals surface area contributed by atoms with E-state index in [1.54, 1.807) is 6.07 Å². The number of carbonyl (C=O) groups is 1. The van der Waals surface area contributed by atoms with E-state index in [1.165, 1.54) is 0 Å². The molecule has 0 aromatic carbocycles. The zero-order valence-electron chi connectivity index (χ0n) is 5.79. The topological polar surface area (TPSA) is 59.3 Å². The van der Waals surface area contributed by atoms with E-state index in [0.717, 1.165) is 6.42 Å². The number of rotatable bonds is 3. The molecule has 0 aromatic heterocycles. The summed E-state index contributed by atoms with van der Waals surface area (Å²) in [6.45, 7) is 1.96. The first-order valence-electron chi connectivity index (χ1n) is 2.97. The van der Waals surface area contributed by atoms with E-state index in [-0.39, 0.29) is 6.61 Å². The van der Waals surface area contributed by atoms with Crippen molar-refractivity contribution in [2.45, 2.75) is 13.3 Å². The molecular weight excluding hydrogens is 134 g/mol. The lowest BCUT2D eigenvalue weighted by atomic mass is 10.5. The highest BCUT2D eigenvalue weighted by molar-refractivity contribution is 5.59. The lowest BCUT2D eigenvalue weighted by molar-refractivity contribution is 0.0643. The van der Waals surface area contributed by atoms with Crippen LogP contribution in [-0.4, -0.2) is 19.4 Å². The van der Waals surface area contributed by atoms with Crippen LogP contribution < -0.4 is 0 Å². The second kappa shape index (κ2) is 5.89. The van der Waals surface area contributed by atoms with Gasteiger partial charge in [0.1, 0.15) is 6.07 Å². The molecule has 0 amide bonds. The normalized spacial score (nSPS) is 8.00. The third-order valence-corrected chi connectivity index (χ3v) is 0.679. The SMILES string of the molecule is CCCOC(=O)OCC#N. The van der Waals surface area contributed by atoms with E-state index in [4.69, 9.17) is 5.26 Å². The third-order valence-electron chi connectivity index (χ3n) is 0.679. The largest absolute Gasteiger partial charge is 0.509 e. The van der Waals surface area contributed by atoms with Gasteiger partial charge < -0.3 is 9.47 Å². The molecule has 0 atom stereocenters. The molecule has 0 saturated carbocycles. The Morgan fingerprint density at radius 3 is 2.80 bits per heavy atom. The first-order chi connectivity index (χ1) is 4.81. The van der Waals surface area contributed by atoms with Crippen molar-refractivity contribution in [1.82, 2.24) is 0 Å². The monoisotopic (exact) mass is 143 g/mol. The molecule has 0 rings (SSSR count). The maximum atomic E-state index is 10.4. The zero-order valence-corrected chi connectivity index (χ0v) is 5.79. The Morgan fingerprint density at radius 1 is 1.60 bits per heavy atom. The summed E-state index contributed by atoms with van der Waals surface area (Å²) in [5, 5.41) is 7.96. The highest BCUT2D eigenvalue weighted by Gasteiger charge is 1.99. The van der Waals surface area contributed by atoms with E-state index in [2.05, 4.69) is 9.47 Å². The summed E-state index contributed by atoms with van der Waals surface area (Å²) in [6.07, 6.45) is -0.0230. The van der Waals surface area contributed by atoms with E-state index in [1.807, 2.05) is 6.92 Å². The molecule has 0 N–H and O–H groups in total. The van der Waals surface area contributed by atoms with Gasteiger partial charge in [-0.25, -0.2) is 4.79 Å². The highest BCUT2D eigenvalue weighted by atomic mass is 16.7. The molecule has 0 spiro atoms. The van der Waals surface area contributed by atoms with E-state index in [9.17, 15) is 4.79 Å². The summed E-state index contributed by atoms with van der Waals surface area (Å²) in [5.41, 5.74) is 0. The van der Waals surface area contributed by atoms with Gasteiger partial charge in [-0.1, -0.05) is 6.92 Å². The molecular formula is C6H9NO3. The minimum Gasteiger partial charge on any atom is -0.434 e. The fourth-order valence-corrected chi connectivity index (χ4v) is 0.318. The summed E-state index contributed by atoms with van der Waals surface area (Å²) in [6, 6.07) is 1.65. The maximum Gasteiger partial charge on any atom is 0.509 e. The van der Waals surface area contributed by atoms with E-state index in [0.29, 0.717) is 6.61 Å². The molecule has 4 nitrogen and oxygen atoms in total. The molecule has 4 heteroatoms. The molecule has 0 aliphatic rings. The molecule has 0 saturated heterocycles. The van der Waals surface area contributed by atoms with Crippen LogP contribution >= 0.6 is 0 Å². The fraction of sp³-hybridized carbons (Fsp3) is 0.667. The zero-order chi connectivity index (χ0) is 7.82. The Bertz CT molecular complexity index is 138. The second-order valence-corrected chi connectivity index (χ2v) is 1.55. The lowest BCUT2D eigenvalue weighted by Crippen LogP contribution is -2.07. The molecule has 0 aliphatic heterocycles. The van der Waals surface area contributed by atoms with E-state index < -0.39 is 6.16 Å². The van der Waals surface area contributed by atoms with Gasteiger partial charge in [0.05, 0.1) is 6.61 Å². The molecule has 0 aliphatic carbocycles. The van der Waals surface area contributed by atoms with Gasteiger partial charge in [0.15, 0.2) is 6.61 Å². The predicted octanol–water partition coefficient (Wildman–Crippen LogP) is 1.07. The van der Waals surface area contributed by atoms with Crippen LogP contribution in [-0.2, 0) is 9.47 Å². The number of hydrogen-bond acceptors (Lipinski definition) is 4. The average molecular weight is 143 g/mol. The number of nitrogens with zero attached hydrogens (tertiary/aromatic N) is 1. The number of nitriles is 1. The Hall–Kier alpha value is -1.24. The number of hydrogen-bond donors (Lipinski definition) is 0.